The molecule has 1 unspecified atom stereocenters. The normalized spacial score (nSPS) is 13.0. The van der Waals surface area contributed by atoms with E-state index in [1.54, 1.807) is 0 Å². The van der Waals surface area contributed by atoms with E-state index in [1.807, 2.05) is 13.0 Å². The molecule has 2 rings (SSSR count). The van der Waals surface area contributed by atoms with E-state index in [0.29, 0.717) is 0 Å². The Labute approximate surface area is 113 Å². The fraction of sp³-hybridized carbons (Fsp3) is 0.467. The summed E-state index contributed by atoms with van der Waals surface area (Å²) in [5.74, 6) is 6.52. The van der Waals surface area contributed by atoms with Crippen LogP contribution in [0.25, 0.3) is 11.0 Å². The molecule has 2 aromatic rings. The Bertz CT molecular complexity index is 522. The van der Waals surface area contributed by atoms with E-state index < -0.39 is 0 Å². The number of para-hydroxylation sites is 1. The lowest BCUT2D eigenvalue weighted by Gasteiger charge is -2.12. The maximum absolute atomic E-state index is 5.93. The standard InChI is InChI=1S/C15H22N2O2/c1-3-18-9-5-8-13(17-16)14-10-12-7-4-6-11(2)15(12)19-14/h4,6-7,10,13,17H,3,5,8-9,16H2,1-2H3. The van der Waals surface area contributed by atoms with E-state index in [4.69, 9.17) is 15.0 Å². The average Bonchev–Trinajstić information content (AvgIpc) is 2.84. The zero-order valence-electron chi connectivity index (χ0n) is 11.6. The fourth-order valence-corrected chi connectivity index (χ4v) is 2.24. The largest absolute Gasteiger partial charge is 0.459 e. The van der Waals surface area contributed by atoms with Gasteiger partial charge >= 0.3 is 0 Å². The van der Waals surface area contributed by atoms with Crippen molar-refractivity contribution < 1.29 is 9.15 Å². The van der Waals surface area contributed by atoms with E-state index >= 15 is 0 Å². The number of hydrogen-bond donors (Lipinski definition) is 2. The molecular formula is C15H22N2O2. The molecule has 1 aromatic heterocycles. The second-order valence-electron chi connectivity index (χ2n) is 4.70. The molecule has 0 bridgehead atoms. The molecule has 0 spiro atoms. The van der Waals surface area contributed by atoms with Crippen molar-refractivity contribution in [1.82, 2.24) is 5.43 Å². The highest BCUT2D eigenvalue weighted by Crippen LogP contribution is 2.28. The Hall–Kier alpha value is -1.36. The van der Waals surface area contributed by atoms with Crippen molar-refractivity contribution in [3.8, 4) is 0 Å². The Morgan fingerprint density at radius 2 is 2.26 bits per heavy atom. The summed E-state index contributed by atoms with van der Waals surface area (Å²) in [6.07, 6.45) is 1.86. The second-order valence-corrected chi connectivity index (χ2v) is 4.70. The van der Waals surface area contributed by atoms with Gasteiger partial charge in [0, 0.05) is 18.6 Å². The van der Waals surface area contributed by atoms with Crippen LogP contribution < -0.4 is 11.3 Å². The van der Waals surface area contributed by atoms with Crippen molar-refractivity contribution in [2.45, 2.75) is 32.7 Å². The van der Waals surface area contributed by atoms with Crippen molar-refractivity contribution in [2.75, 3.05) is 13.2 Å². The molecule has 0 saturated carbocycles. The fourth-order valence-electron chi connectivity index (χ4n) is 2.24. The minimum absolute atomic E-state index is 0.0345. The number of hydrogen-bond acceptors (Lipinski definition) is 4. The molecule has 19 heavy (non-hydrogen) atoms. The number of benzene rings is 1. The van der Waals surface area contributed by atoms with Crippen LogP contribution in [0.2, 0.25) is 0 Å². The van der Waals surface area contributed by atoms with Crippen molar-refractivity contribution in [3.63, 3.8) is 0 Å². The molecule has 1 atom stereocenters. The zero-order valence-corrected chi connectivity index (χ0v) is 11.6. The molecule has 3 N–H and O–H groups in total. The van der Waals surface area contributed by atoms with Crippen molar-refractivity contribution in [3.05, 3.63) is 35.6 Å². The maximum Gasteiger partial charge on any atom is 0.137 e. The Morgan fingerprint density at radius 3 is 2.95 bits per heavy atom. The van der Waals surface area contributed by atoms with Gasteiger partial charge in [-0.3, -0.25) is 5.84 Å². The van der Waals surface area contributed by atoms with Crippen LogP contribution in [0.15, 0.2) is 28.7 Å². The third-order valence-corrected chi connectivity index (χ3v) is 3.29. The SMILES string of the molecule is CCOCCCC(NN)c1cc2cccc(C)c2o1. The molecular weight excluding hydrogens is 240 g/mol. The van der Waals surface area contributed by atoms with Crippen molar-refractivity contribution in [1.29, 1.82) is 0 Å². The summed E-state index contributed by atoms with van der Waals surface area (Å²) < 4.78 is 11.3. The highest BCUT2D eigenvalue weighted by molar-refractivity contribution is 5.80. The third-order valence-electron chi connectivity index (χ3n) is 3.29. The quantitative estimate of drug-likeness (QED) is 0.457. The number of nitrogens with one attached hydrogen (secondary N) is 1. The number of ether oxygens (including phenoxy) is 1. The minimum Gasteiger partial charge on any atom is -0.459 e. The van der Waals surface area contributed by atoms with Gasteiger partial charge in [-0.05, 0) is 38.3 Å². The van der Waals surface area contributed by atoms with E-state index in [1.165, 1.54) is 0 Å². The first-order valence-corrected chi connectivity index (χ1v) is 6.79. The molecule has 4 heteroatoms. The van der Waals surface area contributed by atoms with Gasteiger partial charge in [0.05, 0.1) is 6.04 Å². The average molecular weight is 262 g/mol. The van der Waals surface area contributed by atoms with Crippen molar-refractivity contribution in [2.24, 2.45) is 5.84 Å². The summed E-state index contributed by atoms with van der Waals surface area (Å²) in [4.78, 5) is 0. The van der Waals surface area contributed by atoms with Crippen molar-refractivity contribution >= 4 is 11.0 Å². The topological polar surface area (TPSA) is 60.4 Å². The second kappa shape index (κ2) is 6.70. The monoisotopic (exact) mass is 262 g/mol. The van der Waals surface area contributed by atoms with Crippen LogP contribution in [-0.4, -0.2) is 13.2 Å². The number of nitrogens with two attached hydrogens (primary N) is 1. The van der Waals surface area contributed by atoms with Crippen LogP contribution in [-0.2, 0) is 4.74 Å². The van der Waals surface area contributed by atoms with Crippen LogP contribution >= 0.6 is 0 Å². The van der Waals surface area contributed by atoms with E-state index in [2.05, 4.69) is 30.5 Å². The first-order chi connectivity index (χ1) is 9.26. The summed E-state index contributed by atoms with van der Waals surface area (Å²) >= 11 is 0. The summed E-state index contributed by atoms with van der Waals surface area (Å²) in [5.41, 5.74) is 4.92. The lowest BCUT2D eigenvalue weighted by Crippen LogP contribution is -2.27. The maximum atomic E-state index is 5.93. The molecule has 0 radical (unpaired) electrons. The highest BCUT2D eigenvalue weighted by Gasteiger charge is 2.15. The number of aryl methyl sites for hydroxylation is 1. The van der Waals surface area contributed by atoms with E-state index in [0.717, 1.165) is 48.3 Å². The smallest absolute Gasteiger partial charge is 0.137 e. The van der Waals surface area contributed by atoms with E-state index in [9.17, 15) is 0 Å². The van der Waals surface area contributed by atoms with Gasteiger partial charge in [-0.2, -0.15) is 0 Å². The van der Waals surface area contributed by atoms with Crippen LogP contribution in [0.3, 0.4) is 0 Å². The number of rotatable bonds is 7. The molecule has 1 heterocycles. The van der Waals surface area contributed by atoms with Gasteiger partial charge in [-0.15, -0.1) is 0 Å². The lowest BCUT2D eigenvalue weighted by molar-refractivity contribution is 0.140. The van der Waals surface area contributed by atoms with Crippen LogP contribution in [0, 0.1) is 6.92 Å². The summed E-state index contributed by atoms with van der Waals surface area (Å²) in [5, 5.41) is 1.13. The summed E-state index contributed by atoms with van der Waals surface area (Å²) in [6, 6.07) is 8.25. The molecule has 0 aliphatic carbocycles. The first-order valence-electron chi connectivity index (χ1n) is 6.79. The van der Waals surface area contributed by atoms with Gasteiger partial charge in [-0.1, -0.05) is 18.2 Å². The molecule has 0 saturated heterocycles. The van der Waals surface area contributed by atoms with Gasteiger partial charge in [0.25, 0.3) is 0 Å². The minimum atomic E-state index is 0.0345. The molecule has 104 valence electrons. The van der Waals surface area contributed by atoms with Gasteiger partial charge in [0.1, 0.15) is 11.3 Å². The molecule has 0 amide bonds. The highest BCUT2D eigenvalue weighted by atomic mass is 16.5. The van der Waals surface area contributed by atoms with Gasteiger partial charge in [-0.25, -0.2) is 5.43 Å². The van der Waals surface area contributed by atoms with Crippen LogP contribution in [0.1, 0.15) is 37.1 Å². The zero-order chi connectivity index (χ0) is 13.7. The number of hydrazine groups is 1. The molecule has 0 aliphatic heterocycles. The molecule has 0 fully saturated rings. The van der Waals surface area contributed by atoms with Crippen LogP contribution in [0.4, 0.5) is 0 Å². The Kier molecular flexibility index (Phi) is 4.96. The predicted molar refractivity (Wildman–Crippen MR) is 76.7 cm³/mol. The lowest BCUT2D eigenvalue weighted by atomic mass is 10.1. The predicted octanol–water partition coefficient (Wildman–Crippen LogP) is 3.06. The van der Waals surface area contributed by atoms with Gasteiger partial charge in [0.15, 0.2) is 0 Å². The number of furan rings is 1. The number of fused-ring (bicyclic) bond motifs is 1. The van der Waals surface area contributed by atoms with Crippen LogP contribution in [0.5, 0.6) is 0 Å². The van der Waals surface area contributed by atoms with Gasteiger partial charge < -0.3 is 9.15 Å². The Balaban J connectivity index is 2.10. The van der Waals surface area contributed by atoms with E-state index in [-0.39, 0.29) is 6.04 Å². The molecule has 0 aliphatic rings. The summed E-state index contributed by atoms with van der Waals surface area (Å²) in [7, 11) is 0. The van der Waals surface area contributed by atoms with Gasteiger partial charge in [0.2, 0.25) is 0 Å². The Morgan fingerprint density at radius 1 is 1.42 bits per heavy atom. The first kappa shape index (κ1) is 14.1. The molecule has 4 nitrogen and oxygen atoms in total. The summed E-state index contributed by atoms with van der Waals surface area (Å²) in [6.45, 7) is 5.56. The third kappa shape index (κ3) is 3.35. The molecule has 1 aromatic carbocycles.